The van der Waals surface area contributed by atoms with Crippen LogP contribution in [-0.4, -0.2) is 29.0 Å². The first-order chi connectivity index (χ1) is 8.65. The SMILES string of the molecule is NC(=O)c1cc(N)cc2[nH]c(C3CCNC3)nc12. The molecule has 0 spiro atoms. The molecule has 0 radical (unpaired) electrons. The molecule has 0 aliphatic carbocycles. The number of amides is 1. The second-order valence-corrected chi connectivity index (χ2v) is 4.64. The van der Waals surface area contributed by atoms with Crippen molar-refractivity contribution in [2.75, 3.05) is 18.8 Å². The minimum atomic E-state index is -0.505. The number of aromatic amines is 1. The van der Waals surface area contributed by atoms with Gasteiger partial charge in [-0.05, 0) is 25.1 Å². The summed E-state index contributed by atoms with van der Waals surface area (Å²) in [6, 6.07) is 3.35. The molecule has 1 aromatic heterocycles. The Bertz CT molecular complexity index is 612. The standard InChI is InChI=1S/C12H15N5O/c13-7-3-8(11(14)18)10-9(4-7)16-12(17-10)6-1-2-15-5-6/h3-4,6,15H,1-2,5,13H2,(H2,14,18)(H,16,17). The fourth-order valence-corrected chi connectivity index (χ4v) is 2.43. The summed E-state index contributed by atoms with van der Waals surface area (Å²) in [7, 11) is 0. The molecular formula is C12H15N5O. The van der Waals surface area contributed by atoms with Gasteiger partial charge in [0.15, 0.2) is 0 Å². The molecule has 3 rings (SSSR count). The summed E-state index contributed by atoms with van der Waals surface area (Å²) in [5.74, 6) is 0.748. The quantitative estimate of drug-likeness (QED) is 0.571. The maximum Gasteiger partial charge on any atom is 0.251 e. The molecule has 2 aromatic rings. The maximum absolute atomic E-state index is 11.4. The average molecular weight is 245 g/mol. The Kier molecular flexibility index (Phi) is 2.45. The van der Waals surface area contributed by atoms with E-state index < -0.39 is 5.91 Å². The van der Waals surface area contributed by atoms with Gasteiger partial charge in [0.25, 0.3) is 5.91 Å². The number of hydrogen-bond donors (Lipinski definition) is 4. The molecule has 0 bridgehead atoms. The van der Waals surface area contributed by atoms with Crippen LogP contribution >= 0.6 is 0 Å². The summed E-state index contributed by atoms with van der Waals surface area (Å²) in [6.45, 7) is 1.90. The number of hydrogen-bond acceptors (Lipinski definition) is 4. The second-order valence-electron chi connectivity index (χ2n) is 4.64. The van der Waals surface area contributed by atoms with Gasteiger partial charge in [-0.3, -0.25) is 4.79 Å². The highest BCUT2D eigenvalue weighted by molar-refractivity contribution is 6.05. The van der Waals surface area contributed by atoms with Gasteiger partial charge >= 0.3 is 0 Å². The highest BCUT2D eigenvalue weighted by atomic mass is 16.1. The third kappa shape index (κ3) is 1.70. The fraction of sp³-hybridized carbons (Fsp3) is 0.333. The number of benzene rings is 1. The Balaban J connectivity index is 2.15. The van der Waals surface area contributed by atoms with Gasteiger partial charge < -0.3 is 21.8 Å². The number of nitrogen functional groups attached to an aromatic ring is 1. The smallest absolute Gasteiger partial charge is 0.251 e. The van der Waals surface area contributed by atoms with Crippen LogP contribution in [0.2, 0.25) is 0 Å². The molecule has 6 nitrogen and oxygen atoms in total. The molecule has 1 aromatic carbocycles. The molecule has 1 fully saturated rings. The van der Waals surface area contributed by atoms with Crippen LogP contribution < -0.4 is 16.8 Å². The molecule has 18 heavy (non-hydrogen) atoms. The Labute approximate surface area is 104 Å². The van der Waals surface area contributed by atoms with Crippen LogP contribution in [0.4, 0.5) is 5.69 Å². The van der Waals surface area contributed by atoms with Crippen molar-refractivity contribution in [1.29, 1.82) is 0 Å². The zero-order chi connectivity index (χ0) is 12.7. The molecule has 1 aliphatic heterocycles. The molecule has 1 atom stereocenters. The number of anilines is 1. The van der Waals surface area contributed by atoms with Crippen LogP contribution in [0, 0.1) is 0 Å². The third-order valence-electron chi connectivity index (χ3n) is 3.34. The van der Waals surface area contributed by atoms with Gasteiger partial charge in [-0.15, -0.1) is 0 Å². The van der Waals surface area contributed by atoms with Crippen molar-refractivity contribution < 1.29 is 4.79 Å². The highest BCUT2D eigenvalue weighted by Crippen LogP contribution is 2.26. The van der Waals surface area contributed by atoms with Gasteiger partial charge in [0.05, 0.1) is 11.1 Å². The van der Waals surface area contributed by atoms with E-state index in [0.29, 0.717) is 22.7 Å². The molecule has 1 unspecified atom stereocenters. The van der Waals surface area contributed by atoms with E-state index in [1.54, 1.807) is 12.1 Å². The number of nitrogens with one attached hydrogen (secondary N) is 2. The van der Waals surface area contributed by atoms with Gasteiger partial charge in [0.1, 0.15) is 11.3 Å². The van der Waals surface area contributed by atoms with E-state index in [1.807, 2.05) is 0 Å². The summed E-state index contributed by atoms with van der Waals surface area (Å²) < 4.78 is 0. The predicted octanol–water partition coefficient (Wildman–Crippen LogP) is 0.321. The van der Waals surface area contributed by atoms with Crippen LogP contribution in [0.3, 0.4) is 0 Å². The molecule has 94 valence electrons. The van der Waals surface area contributed by atoms with Crippen molar-refractivity contribution in [3.63, 3.8) is 0 Å². The van der Waals surface area contributed by atoms with Gasteiger partial charge in [-0.2, -0.15) is 0 Å². The lowest BCUT2D eigenvalue weighted by Gasteiger charge is -2.01. The summed E-state index contributed by atoms with van der Waals surface area (Å²) >= 11 is 0. The molecule has 1 aliphatic rings. The summed E-state index contributed by atoms with van der Waals surface area (Å²) in [6.07, 6.45) is 1.04. The number of nitrogens with zero attached hydrogens (tertiary/aromatic N) is 1. The van der Waals surface area contributed by atoms with E-state index in [1.165, 1.54) is 0 Å². The van der Waals surface area contributed by atoms with Crippen molar-refractivity contribution in [3.8, 4) is 0 Å². The van der Waals surface area contributed by atoms with Crippen LogP contribution in [0.1, 0.15) is 28.5 Å². The maximum atomic E-state index is 11.4. The predicted molar refractivity (Wildman–Crippen MR) is 69.3 cm³/mol. The zero-order valence-electron chi connectivity index (χ0n) is 9.86. The van der Waals surface area contributed by atoms with Gasteiger partial charge in [0.2, 0.25) is 0 Å². The van der Waals surface area contributed by atoms with Crippen LogP contribution in [-0.2, 0) is 0 Å². The lowest BCUT2D eigenvalue weighted by atomic mass is 10.1. The number of nitrogens with two attached hydrogens (primary N) is 2. The largest absolute Gasteiger partial charge is 0.399 e. The number of aromatic nitrogens is 2. The minimum absolute atomic E-state index is 0.361. The zero-order valence-corrected chi connectivity index (χ0v) is 9.86. The molecular weight excluding hydrogens is 230 g/mol. The van der Waals surface area contributed by atoms with Gasteiger partial charge in [-0.25, -0.2) is 4.98 Å². The molecule has 6 heteroatoms. The van der Waals surface area contributed by atoms with Crippen molar-refractivity contribution in [2.45, 2.75) is 12.3 Å². The number of carbonyl (C=O) groups excluding carboxylic acids is 1. The molecule has 2 heterocycles. The number of primary amides is 1. The Hall–Kier alpha value is -2.08. The van der Waals surface area contributed by atoms with E-state index in [4.69, 9.17) is 11.5 Å². The first-order valence-corrected chi connectivity index (χ1v) is 5.95. The second kappa shape index (κ2) is 3.99. The topological polar surface area (TPSA) is 110 Å². The number of H-pyrrole nitrogens is 1. The number of imidazole rings is 1. The van der Waals surface area contributed by atoms with Crippen LogP contribution in [0.15, 0.2) is 12.1 Å². The normalized spacial score (nSPS) is 19.4. The minimum Gasteiger partial charge on any atom is -0.399 e. The molecule has 0 saturated carbocycles. The Morgan fingerprint density at radius 3 is 2.94 bits per heavy atom. The van der Waals surface area contributed by atoms with Crippen molar-refractivity contribution >= 4 is 22.6 Å². The van der Waals surface area contributed by atoms with Crippen molar-refractivity contribution in [2.24, 2.45) is 5.73 Å². The van der Waals surface area contributed by atoms with Gasteiger partial charge in [-0.1, -0.05) is 0 Å². The number of fused-ring (bicyclic) bond motifs is 1. The molecule has 1 amide bonds. The summed E-state index contributed by atoms with van der Waals surface area (Å²) in [5, 5.41) is 3.29. The van der Waals surface area contributed by atoms with E-state index in [2.05, 4.69) is 15.3 Å². The monoisotopic (exact) mass is 245 g/mol. The molecule has 6 N–H and O–H groups in total. The van der Waals surface area contributed by atoms with Crippen LogP contribution in [0.25, 0.3) is 11.0 Å². The van der Waals surface area contributed by atoms with Crippen molar-refractivity contribution in [1.82, 2.24) is 15.3 Å². The first kappa shape index (κ1) is 11.0. The average Bonchev–Trinajstić information content (AvgIpc) is 2.95. The fourth-order valence-electron chi connectivity index (χ4n) is 2.43. The molecule has 1 saturated heterocycles. The van der Waals surface area contributed by atoms with E-state index in [9.17, 15) is 4.79 Å². The van der Waals surface area contributed by atoms with E-state index in [0.717, 1.165) is 30.9 Å². The number of carbonyl (C=O) groups is 1. The van der Waals surface area contributed by atoms with E-state index in [-0.39, 0.29) is 0 Å². The lowest BCUT2D eigenvalue weighted by Crippen LogP contribution is -2.12. The highest BCUT2D eigenvalue weighted by Gasteiger charge is 2.21. The summed E-state index contributed by atoms with van der Waals surface area (Å²) in [4.78, 5) is 19.1. The number of rotatable bonds is 2. The van der Waals surface area contributed by atoms with Crippen LogP contribution in [0.5, 0.6) is 0 Å². The summed E-state index contributed by atoms with van der Waals surface area (Å²) in [5.41, 5.74) is 13.4. The third-order valence-corrected chi connectivity index (χ3v) is 3.34. The lowest BCUT2D eigenvalue weighted by molar-refractivity contribution is 0.100. The first-order valence-electron chi connectivity index (χ1n) is 5.95. The van der Waals surface area contributed by atoms with Crippen molar-refractivity contribution in [3.05, 3.63) is 23.5 Å². The van der Waals surface area contributed by atoms with Gasteiger partial charge in [0, 0.05) is 18.2 Å². The Morgan fingerprint density at radius 2 is 2.28 bits per heavy atom. The Morgan fingerprint density at radius 1 is 1.44 bits per heavy atom. The van der Waals surface area contributed by atoms with E-state index >= 15 is 0 Å².